The Labute approximate surface area is 116 Å². The highest BCUT2D eigenvalue weighted by atomic mass is 32.1. The van der Waals surface area contributed by atoms with Crippen LogP contribution < -0.4 is 5.32 Å². The largest absolute Gasteiger partial charge is 0.443 e. The average molecular weight is 298 g/mol. The van der Waals surface area contributed by atoms with E-state index in [1.165, 1.54) is 0 Å². The maximum Gasteiger partial charge on any atom is 0.443 e. The van der Waals surface area contributed by atoms with Crippen LogP contribution in [-0.2, 0) is 19.3 Å². The monoisotopic (exact) mass is 298 g/mol. The fraction of sp³-hybridized carbons (Fsp3) is 0.231. The molecule has 1 aliphatic heterocycles. The van der Waals surface area contributed by atoms with Gasteiger partial charge in [0, 0.05) is 24.8 Å². The molecule has 20 heavy (non-hydrogen) atoms. The molecule has 104 valence electrons. The fourth-order valence-electron chi connectivity index (χ4n) is 2.09. The summed E-state index contributed by atoms with van der Waals surface area (Å²) in [4.78, 5) is 15.4. The van der Waals surface area contributed by atoms with Gasteiger partial charge in [-0.2, -0.15) is 13.2 Å². The summed E-state index contributed by atoms with van der Waals surface area (Å²) in [6.07, 6.45) is -3.52. The van der Waals surface area contributed by atoms with E-state index < -0.39 is 17.0 Å². The number of carbonyl (C=O) groups excluding carboxylic acids is 1. The van der Waals surface area contributed by atoms with Gasteiger partial charge in [-0.25, -0.2) is 4.98 Å². The maximum absolute atomic E-state index is 12.5. The molecule has 0 saturated carbocycles. The number of thiazole rings is 1. The first kappa shape index (κ1) is 13.3. The van der Waals surface area contributed by atoms with Gasteiger partial charge in [-0.05, 0) is 17.2 Å². The number of nitrogens with zero attached hydrogens (tertiary/aromatic N) is 1. The zero-order valence-electron chi connectivity index (χ0n) is 10.1. The molecule has 0 atom stereocenters. The number of alkyl halides is 3. The Balaban J connectivity index is 1.91. The van der Waals surface area contributed by atoms with Crippen LogP contribution in [-0.4, -0.2) is 10.8 Å². The van der Waals surface area contributed by atoms with Crippen molar-refractivity contribution in [3.63, 3.8) is 0 Å². The lowest BCUT2D eigenvalue weighted by atomic mass is 10.0. The SMILES string of the molecule is O=C(c1ccc2c(c1)CNC2)c1cnc(C(F)(F)F)s1. The van der Waals surface area contributed by atoms with Gasteiger partial charge in [0.1, 0.15) is 0 Å². The van der Waals surface area contributed by atoms with E-state index >= 15 is 0 Å². The molecule has 1 N–H and O–H groups in total. The molecule has 1 aromatic heterocycles. The number of hydrogen-bond acceptors (Lipinski definition) is 4. The van der Waals surface area contributed by atoms with Crippen LogP contribution in [0.15, 0.2) is 24.4 Å². The van der Waals surface area contributed by atoms with Crippen LogP contribution in [0.3, 0.4) is 0 Å². The van der Waals surface area contributed by atoms with Gasteiger partial charge in [0.2, 0.25) is 5.78 Å². The molecule has 7 heteroatoms. The first-order valence-corrected chi connectivity index (χ1v) is 6.67. The predicted octanol–water partition coefficient (Wildman–Crippen LogP) is 3.00. The Morgan fingerprint density at radius 1 is 1.25 bits per heavy atom. The van der Waals surface area contributed by atoms with Gasteiger partial charge in [-0.15, -0.1) is 11.3 Å². The minimum absolute atomic E-state index is 0.00299. The lowest BCUT2D eigenvalue weighted by Gasteiger charge is -2.02. The van der Waals surface area contributed by atoms with Gasteiger partial charge in [0.25, 0.3) is 0 Å². The number of rotatable bonds is 2. The Kier molecular flexibility index (Phi) is 3.10. The molecule has 1 aromatic carbocycles. The highest BCUT2D eigenvalue weighted by Crippen LogP contribution is 2.33. The molecule has 2 aromatic rings. The van der Waals surface area contributed by atoms with Crippen molar-refractivity contribution in [2.45, 2.75) is 19.3 Å². The quantitative estimate of drug-likeness (QED) is 0.867. The van der Waals surface area contributed by atoms with E-state index in [1.807, 2.05) is 6.07 Å². The van der Waals surface area contributed by atoms with Gasteiger partial charge in [-0.3, -0.25) is 4.79 Å². The molecule has 2 heterocycles. The molecule has 1 aliphatic rings. The first-order chi connectivity index (χ1) is 9.45. The Morgan fingerprint density at radius 2 is 2.00 bits per heavy atom. The molecule has 3 nitrogen and oxygen atoms in total. The van der Waals surface area contributed by atoms with Gasteiger partial charge in [0.05, 0.1) is 4.88 Å². The number of benzene rings is 1. The summed E-state index contributed by atoms with van der Waals surface area (Å²) in [5, 5.41) is 2.15. The van der Waals surface area contributed by atoms with Crippen LogP contribution in [0.2, 0.25) is 0 Å². The van der Waals surface area contributed by atoms with Crippen molar-refractivity contribution in [2.75, 3.05) is 0 Å². The van der Waals surface area contributed by atoms with E-state index in [0.29, 0.717) is 23.4 Å². The normalized spacial score (nSPS) is 14.3. The van der Waals surface area contributed by atoms with Crippen molar-refractivity contribution in [1.29, 1.82) is 0 Å². The summed E-state index contributed by atoms with van der Waals surface area (Å²) in [6, 6.07) is 5.19. The summed E-state index contributed by atoms with van der Waals surface area (Å²) in [6.45, 7) is 1.43. The highest BCUT2D eigenvalue weighted by molar-refractivity contribution is 7.13. The minimum Gasteiger partial charge on any atom is -0.309 e. The predicted molar refractivity (Wildman–Crippen MR) is 67.5 cm³/mol. The number of aromatic nitrogens is 1. The van der Waals surface area contributed by atoms with Crippen molar-refractivity contribution in [3.05, 3.63) is 51.0 Å². The molecular formula is C13H9F3N2OS. The van der Waals surface area contributed by atoms with Crippen molar-refractivity contribution >= 4 is 17.1 Å². The summed E-state index contributed by atoms with van der Waals surface area (Å²) < 4.78 is 37.4. The standard InChI is InChI=1S/C13H9F3N2OS/c14-13(15,16)12-18-6-10(20-12)11(19)7-1-2-8-4-17-5-9(8)3-7/h1-3,6,17H,4-5H2. The first-order valence-electron chi connectivity index (χ1n) is 5.85. The summed E-state index contributed by atoms with van der Waals surface area (Å²) in [5.41, 5.74) is 2.52. The average Bonchev–Trinajstić information content (AvgIpc) is 3.05. The molecule has 0 fully saturated rings. The van der Waals surface area contributed by atoms with Crippen LogP contribution in [0.25, 0.3) is 0 Å². The lowest BCUT2D eigenvalue weighted by Crippen LogP contribution is -2.03. The third kappa shape index (κ3) is 2.34. The third-order valence-corrected chi connectivity index (χ3v) is 4.11. The van der Waals surface area contributed by atoms with Gasteiger partial charge in [-0.1, -0.05) is 12.1 Å². The Bertz CT molecular complexity index is 678. The number of hydrogen-bond donors (Lipinski definition) is 1. The molecule has 0 radical (unpaired) electrons. The van der Waals surface area contributed by atoms with Crippen molar-refractivity contribution < 1.29 is 18.0 Å². The number of carbonyl (C=O) groups is 1. The van der Waals surface area contributed by atoms with E-state index in [1.54, 1.807) is 12.1 Å². The number of nitrogens with one attached hydrogen (secondary N) is 1. The van der Waals surface area contributed by atoms with Crippen molar-refractivity contribution in [2.24, 2.45) is 0 Å². The van der Waals surface area contributed by atoms with Crippen LogP contribution in [0, 0.1) is 0 Å². The van der Waals surface area contributed by atoms with Crippen molar-refractivity contribution in [1.82, 2.24) is 10.3 Å². The molecule has 0 bridgehead atoms. The summed E-state index contributed by atoms with van der Waals surface area (Å²) in [5.74, 6) is -0.423. The molecule has 3 rings (SSSR count). The second-order valence-electron chi connectivity index (χ2n) is 4.44. The molecule has 0 amide bonds. The molecule has 0 saturated heterocycles. The van der Waals surface area contributed by atoms with Gasteiger partial charge >= 0.3 is 6.18 Å². The van der Waals surface area contributed by atoms with Gasteiger partial charge in [0.15, 0.2) is 5.01 Å². The van der Waals surface area contributed by atoms with E-state index in [-0.39, 0.29) is 4.88 Å². The molecule has 0 unspecified atom stereocenters. The Hall–Kier alpha value is -1.73. The fourth-order valence-corrected chi connectivity index (χ4v) is 2.83. The topological polar surface area (TPSA) is 42.0 Å². The Morgan fingerprint density at radius 3 is 2.70 bits per heavy atom. The number of ketones is 1. The van der Waals surface area contributed by atoms with Crippen LogP contribution in [0.5, 0.6) is 0 Å². The lowest BCUT2D eigenvalue weighted by molar-refractivity contribution is -0.137. The molecule has 0 spiro atoms. The van der Waals surface area contributed by atoms with Crippen LogP contribution >= 0.6 is 11.3 Å². The summed E-state index contributed by atoms with van der Waals surface area (Å²) in [7, 11) is 0. The molecule has 0 aliphatic carbocycles. The van der Waals surface area contributed by atoms with Crippen LogP contribution in [0.1, 0.15) is 31.4 Å². The highest BCUT2D eigenvalue weighted by Gasteiger charge is 2.35. The zero-order chi connectivity index (χ0) is 14.3. The van der Waals surface area contributed by atoms with E-state index in [2.05, 4.69) is 10.3 Å². The van der Waals surface area contributed by atoms with Crippen molar-refractivity contribution in [3.8, 4) is 0 Å². The zero-order valence-corrected chi connectivity index (χ0v) is 10.9. The summed E-state index contributed by atoms with van der Waals surface area (Å²) >= 11 is 0.375. The van der Waals surface area contributed by atoms with E-state index in [4.69, 9.17) is 0 Å². The second-order valence-corrected chi connectivity index (χ2v) is 5.47. The molecular weight excluding hydrogens is 289 g/mol. The van der Waals surface area contributed by atoms with E-state index in [9.17, 15) is 18.0 Å². The third-order valence-electron chi connectivity index (χ3n) is 3.07. The van der Waals surface area contributed by atoms with E-state index in [0.717, 1.165) is 23.9 Å². The smallest absolute Gasteiger partial charge is 0.309 e. The minimum atomic E-state index is -4.51. The maximum atomic E-state index is 12.5. The number of halogens is 3. The van der Waals surface area contributed by atoms with Crippen LogP contribution in [0.4, 0.5) is 13.2 Å². The second kappa shape index (κ2) is 4.68. The number of fused-ring (bicyclic) bond motifs is 1. The van der Waals surface area contributed by atoms with Gasteiger partial charge < -0.3 is 5.32 Å².